The van der Waals surface area contributed by atoms with E-state index in [1.54, 1.807) is 0 Å². The summed E-state index contributed by atoms with van der Waals surface area (Å²) in [5, 5.41) is 6.20. The monoisotopic (exact) mass is 242 g/mol. The molecule has 1 aliphatic rings. The van der Waals surface area contributed by atoms with E-state index in [1.165, 1.54) is 0 Å². The zero-order chi connectivity index (χ0) is 12.7. The quantitative estimate of drug-likeness (QED) is 0.599. The largest absolute Gasteiger partial charge is 0.381 e. The molecule has 0 saturated heterocycles. The van der Waals surface area contributed by atoms with Crippen LogP contribution in [0.1, 0.15) is 40.0 Å². The first-order valence-corrected chi connectivity index (χ1v) is 6.71. The Hall–Kier alpha value is -0.610. The number of hydrogen-bond donors (Lipinski definition) is 2. The lowest BCUT2D eigenvalue weighted by Crippen LogP contribution is -2.43. The average molecular weight is 242 g/mol. The second-order valence-corrected chi connectivity index (χ2v) is 5.28. The van der Waals surface area contributed by atoms with Gasteiger partial charge in [0.05, 0.1) is 6.04 Å². The second kappa shape index (κ2) is 7.67. The summed E-state index contributed by atoms with van der Waals surface area (Å²) in [6, 6.07) is 0.349. The van der Waals surface area contributed by atoms with Gasteiger partial charge in [-0.2, -0.15) is 0 Å². The first-order chi connectivity index (χ1) is 8.09. The van der Waals surface area contributed by atoms with E-state index in [2.05, 4.69) is 24.5 Å². The molecular weight excluding hydrogens is 216 g/mol. The van der Waals surface area contributed by atoms with Crippen LogP contribution < -0.4 is 10.6 Å². The topological polar surface area (TPSA) is 50.4 Å². The normalized spacial score (nSPS) is 17.2. The van der Waals surface area contributed by atoms with Crippen molar-refractivity contribution < 1.29 is 9.53 Å². The van der Waals surface area contributed by atoms with Gasteiger partial charge in [0.15, 0.2) is 0 Å². The zero-order valence-corrected chi connectivity index (χ0v) is 11.3. The highest BCUT2D eigenvalue weighted by molar-refractivity contribution is 5.81. The van der Waals surface area contributed by atoms with Gasteiger partial charge in [-0.25, -0.2) is 0 Å². The molecule has 1 unspecified atom stereocenters. The Morgan fingerprint density at radius 2 is 2.06 bits per heavy atom. The molecule has 0 heterocycles. The zero-order valence-electron chi connectivity index (χ0n) is 11.3. The molecule has 17 heavy (non-hydrogen) atoms. The minimum absolute atomic E-state index is 0.0966. The van der Waals surface area contributed by atoms with Crippen LogP contribution in [0, 0.1) is 5.92 Å². The molecule has 0 aliphatic heterocycles. The molecule has 1 atom stereocenters. The van der Waals surface area contributed by atoms with E-state index >= 15 is 0 Å². The fraction of sp³-hybridized carbons (Fsp3) is 0.923. The van der Waals surface area contributed by atoms with Crippen molar-refractivity contribution in [1.82, 2.24) is 10.6 Å². The lowest BCUT2D eigenvalue weighted by molar-refractivity contribution is -0.122. The van der Waals surface area contributed by atoms with E-state index in [0.717, 1.165) is 39.0 Å². The number of rotatable bonds is 9. The highest BCUT2D eigenvalue weighted by Gasteiger charge is 2.25. The van der Waals surface area contributed by atoms with Gasteiger partial charge in [0.2, 0.25) is 5.91 Å². The van der Waals surface area contributed by atoms with Gasteiger partial charge in [-0.1, -0.05) is 13.8 Å². The Kier molecular flexibility index (Phi) is 6.52. The fourth-order valence-electron chi connectivity index (χ4n) is 1.46. The highest BCUT2D eigenvalue weighted by Crippen LogP contribution is 2.18. The molecule has 0 aromatic carbocycles. The predicted octanol–water partition coefficient (Wildman–Crippen LogP) is 1.31. The van der Waals surface area contributed by atoms with E-state index in [4.69, 9.17) is 4.74 Å². The molecule has 1 saturated carbocycles. The van der Waals surface area contributed by atoms with E-state index in [9.17, 15) is 4.79 Å². The van der Waals surface area contributed by atoms with Gasteiger partial charge < -0.3 is 15.4 Å². The first kappa shape index (κ1) is 14.5. The standard InChI is InChI=1S/C13H26N2O2/c1-10(2)9-17-8-4-7-14-11(3)13(16)15-12-5-6-12/h10-12,14H,4-9H2,1-3H3,(H,15,16). The molecule has 1 fully saturated rings. The Bertz CT molecular complexity index is 227. The third kappa shape index (κ3) is 7.34. The van der Waals surface area contributed by atoms with Crippen LogP contribution in [0.15, 0.2) is 0 Å². The summed E-state index contributed by atoms with van der Waals surface area (Å²) < 4.78 is 5.47. The van der Waals surface area contributed by atoms with E-state index in [-0.39, 0.29) is 11.9 Å². The van der Waals surface area contributed by atoms with Crippen molar-refractivity contribution in [1.29, 1.82) is 0 Å². The van der Waals surface area contributed by atoms with Crippen molar-refractivity contribution >= 4 is 5.91 Å². The van der Waals surface area contributed by atoms with Gasteiger partial charge in [0.25, 0.3) is 0 Å². The van der Waals surface area contributed by atoms with E-state index in [1.807, 2.05) is 6.92 Å². The maximum absolute atomic E-state index is 11.6. The maximum atomic E-state index is 11.6. The molecule has 4 nitrogen and oxygen atoms in total. The number of amides is 1. The fourth-order valence-corrected chi connectivity index (χ4v) is 1.46. The van der Waals surface area contributed by atoms with Crippen molar-refractivity contribution in [3.05, 3.63) is 0 Å². The van der Waals surface area contributed by atoms with Crippen LogP contribution in [-0.4, -0.2) is 37.7 Å². The Labute approximate surface area is 104 Å². The molecule has 0 spiro atoms. The Morgan fingerprint density at radius 3 is 2.65 bits per heavy atom. The minimum Gasteiger partial charge on any atom is -0.381 e. The number of carbonyl (C=O) groups excluding carboxylic acids is 1. The molecule has 4 heteroatoms. The summed E-state index contributed by atoms with van der Waals surface area (Å²) in [4.78, 5) is 11.6. The van der Waals surface area contributed by atoms with Gasteiger partial charge in [0, 0.05) is 19.3 Å². The molecule has 100 valence electrons. The van der Waals surface area contributed by atoms with Crippen LogP contribution in [0.2, 0.25) is 0 Å². The molecule has 1 aliphatic carbocycles. The van der Waals surface area contributed by atoms with E-state index < -0.39 is 0 Å². The molecular formula is C13H26N2O2. The molecule has 0 radical (unpaired) electrons. The Morgan fingerprint density at radius 1 is 1.35 bits per heavy atom. The van der Waals surface area contributed by atoms with Gasteiger partial charge in [-0.05, 0) is 38.6 Å². The number of hydrogen-bond acceptors (Lipinski definition) is 3. The summed E-state index contributed by atoms with van der Waals surface area (Å²) >= 11 is 0. The molecule has 1 rings (SSSR count). The average Bonchev–Trinajstić information content (AvgIpc) is 3.06. The maximum Gasteiger partial charge on any atom is 0.237 e. The number of ether oxygens (including phenoxy) is 1. The first-order valence-electron chi connectivity index (χ1n) is 6.71. The minimum atomic E-state index is -0.0966. The molecule has 0 bridgehead atoms. The van der Waals surface area contributed by atoms with Crippen LogP contribution in [0.3, 0.4) is 0 Å². The van der Waals surface area contributed by atoms with Crippen LogP contribution in [0.25, 0.3) is 0 Å². The third-order valence-corrected chi connectivity index (χ3v) is 2.68. The smallest absolute Gasteiger partial charge is 0.237 e. The third-order valence-electron chi connectivity index (χ3n) is 2.68. The number of carbonyl (C=O) groups is 1. The summed E-state index contributed by atoms with van der Waals surface area (Å²) in [7, 11) is 0. The summed E-state index contributed by atoms with van der Waals surface area (Å²) in [5.41, 5.74) is 0. The molecule has 0 aromatic rings. The second-order valence-electron chi connectivity index (χ2n) is 5.28. The van der Waals surface area contributed by atoms with Crippen LogP contribution >= 0.6 is 0 Å². The highest BCUT2D eigenvalue weighted by atomic mass is 16.5. The van der Waals surface area contributed by atoms with Crippen LogP contribution in [0.5, 0.6) is 0 Å². The lowest BCUT2D eigenvalue weighted by atomic mass is 10.2. The van der Waals surface area contributed by atoms with Crippen molar-refractivity contribution in [2.24, 2.45) is 5.92 Å². The van der Waals surface area contributed by atoms with Crippen LogP contribution in [-0.2, 0) is 9.53 Å². The van der Waals surface area contributed by atoms with Crippen LogP contribution in [0.4, 0.5) is 0 Å². The SMILES string of the molecule is CC(C)COCCCNC(C)C(=O)NC1CC1. The predicted molar refractivity (Wildman–Crippen MR) is 68.9 cm³/mol. The summed E-state index contributed by atoms with van der Waals surface area (Å²) in [6.45, 7) is 8.61. The Balaban J connectivity index is 1.92. The van der Waals surface area contributed by atoms with Crippen molar-refractivity contribution in [2.75, 3.05) is 19.8 Å². The molecule has 0 aromatic heterocycles. The van der Waals surface area contributed by atoms with Gasteiger partial charge in [0.1, 0.15) is 0 Å². The van der Waals surface area contributed by atoms with E-state index in [0.29, 0.717) is 12.0 Å². The van der Waals surface area contributed by atoms with Gasteiger partial charge in [-0.15, -0.1) is 0 Å². The molecule has 2 N–H and O–H groups in total. The van der Waals surface area contributed by atoms with Gasteiger partial charge in [-0.3, -0.25) is 4.79 Å². The molecule has 1 amide bonds. The van der Waals surface area contributed by atoms with Gasteiger partial charge >= 0.3 is 0 Å². The number of nitrogens with one attached hydrogen (secondary N) is 2. The summed E-state index contributed by atoms with van der Waals surface area (Å²) in [6.07, 6.45) is 3.23. The van der Waals surface area contributed by atoms with Crippen molar-refractivity contribution in [3.8, 4) is 0 Å². The summed E-state index contributed by atoms with van der Waals surface area (Å²) in [5.74, 6) is 0.710. The van der Waals surface area contributed by atoms with Crippen molar-refractivity contribution in [3.63, 3.8) is 0 Å². The van der Waals surface area contributed by atoms with Crippen molar-refractivity contribution in [2.45, 2.75) is 52.1 Å². The lowest BCUT2D eigenvalue weighted by Gasteiger charge is -2.13.